The van der Waals surface area contributed by atoms with Crippen LogP contribution in [0.2, 0.25) is 0 Å². The number of hydrogen-bond acceptors (Lipinski definition) is 3. The van der Waals surface area contributed by atoms with Gasteiger partial charge in [0, 0.05) is 26.0 Å². The fourth-order valence-corrected chi connectivity index (χ4v) is 2.26. The van der Waals surface area contributed by atoms with Crippen LogP contribution in [0.3, 0.4) is 0 Å². The maximum atomic E-state index is 12.2. The molecule has 114 valence electrons. The van der Waals surface area contributed by atoms with E-state index in [1.54, 1.807) is 26.4 Å². The zero-order valence-electron chi connectivity index (χ0n) is 12.4. The van der Waals surface area contributed by atoms with Gasteiger partial charge in [0.25, 0.3) is 0 Å². The Morgan fingerprint density at radius 3 is 2.57 bits per heavy atom. The number of likely N-dealkylation sites (N-methyl/N-ethyl adjacent to an activating group) is 1. The van der Waals surface area contributed by atoms with Crippen LogP contribution in [0.25, 0.3) is 0 Å². The molecule has 1 saturated carbocycles. The molecule has 0 radical (unpaired) electrons. The number of aliphatic carboxylic acids is 1. The molecular weight excluding hydrogens is 270 g/mol. The van der Waals surface area contributed by atoms with Gasteiger partial charge in [0.05, 0.1) is 0 Å². The molecule has 1 fully saturated rings. The number of carboxylic acid groups (broad SMARTS) is 1. The summed E-state index contributed by atoms with van der Waals surface area (Å²) < 4.78 is 0. The van der Waals surface area contributed by atoms with E-state index in [1.165, 1.54) is 4.90 Å². The lowest BCUT2D eigenvalue weighted by Crippen LogP contribution is -2.57. The molecule has 6 heteroatoms. The van der Waals surface area contributed by atoms with Crippen molar-refractivity contribution in [3.8, 4) is 0 Å². The molecule has 0 spiro atoms. The smallest absolute Gasteiger partial charge is 0.329 e. The van der Waals surface area contributed by atoms with E-state index in [4.69, 9.17) is 0 Å². The molecule has 0 aliphatic heterocycles. The van der Waals surface area contributed by atoms with Gasteiger partial charge in [-0.3, -0.25) is 4.98 Å². The Hall–Kier alpha value is -2.11. The van der Waals surface area contributed by atoms with E-state index >= 15 is 0 Å². The first-order valence-corrected chi connectivity index (χ1v) is 7.09. The van der Waals surface area contributed by atoms with Crippen molar-refractivity contribution in [2.45, 2.75) is 31.7 Å². The van der Waals surface area contributed by atoms with E-state index in [0.717, 1.165) is 18.4 Å². The highest BCUT2D eigenvalue weighted by molar-refractivity contribution is 5.86. The van der Waals surface area contributed by atoms with E-state index in [-0.39, 0.29) is 11.9 Å². The lowest BCUT2D eigenvalue weighted by molar-refractivity contribution is -0.144. The topological polar surface area (TPSA) is 82.5 Å². The highest BCUT2D eigenvalue weighted by Crippen LogP contribution is 2.39. The third kappa shape index (κ3) is 3.71. The number of nitrogens with one attached hydrogen (secondary N) is 1. The third-order valence-electron chi connectivity index (χ3n) is 4.04. The van der Waals surface area contributed by atoms with Gasteiger partial charge in [-0.05, 0) is 49.8 Å². The first kappa shape index (κ1) is 15.3. The predicted molar refractivity (Wildman–Crippen MR) is 77.9 cm³/mol. The van der Waals surface area contributed by atoms with Crippen molar-refractivity contribution in [1.29, 1.82) is 0 Å². The van der Waals surface area contributed by atoms with Gasteiger partial charge in [0.2, 0.25) is 0 Å². The number of rotatable bonds is 6. The van der Waals surface area contributed by atoms with Crippen LogP contribution in [0, 0.1) is 5.92 Å². The minimum Gasteiger partial charge on any atom is -0.480 e. The number of hydrogen-bond donors (Lipinski definition) is 2. The van der Waals surface area contributed by atoms with Gasteiger partial charge < -0.3 is 15.3 Å². The third-order valence-corrected chi connectivity index (χ3v) is 4.04. The number of aromatic nitrogens is 1. The van der Waals surface area contributed by atoms with E-state index in [0.29, 0.717) is 13.0 Å². The molecule has 21 heavy (non-hydrogen) atoms. The second-order valence-electron chi connectivity index (χ2n) is 5.74. The summed E-state index contributed by atoms with van der Waals surface area (Å²) in [6.45, 7) is 2.11. The van der Waals surface area contributed by atoms with Gasteiger partial charge >= 0.3 is 12.0 Å². The quantitative estimate of drug-likeness (QED) is 0.832. The molecule has 1 aliphatic rings. The summed E-state index contributed by atoms with van der Waals surface area (Å²) in [4.78, 5) is 29.0. The van der Waals surface area contributed by atoms with Crippen molar-refractivity contribution < 1.29 is 14.7 Å². The average Bonchev–Trinajstić information content (AvgIpc) is 3.30. The normalized spacial score (nSPS) is 16.9. The number of nitrogens with zero attached hydrogens (tertiary/aromatic N) is 2. The first-order valence-electron chi connectivity index (χ1n) is 7.09. The van der Waals surface area contributed by atoms with Crippen LogP contribution in [-0.2, 0) is 11.2 Å². The molecule has 0 bridgehead atoms. The van der Waals surface area contributed by atoms with Crippen molar-refractivity contribution in [3.63, 3.8) is 0 Å². The maximum absolute atomic E-state index is 12.2. The molecule has 1 aromatic rings. The lowest BCUT2D eigenvalue weighted by atomic mass is 9.96. The number of urea groups is 1. The van der Waals surface area contributed by atoms with Crippen LogP contribution in [0.15, 0.2) is 24.5 Å². The molecule has 1 unspecified atom stereocenters. The molecule has 2 amide bonds. The molecule has 1 aromatic heterocycles. The summed E-state index contributed by atoms with van der Waals surface area (Å²) in [7, 11) is 1.67. The molecule has 1 atom stereocenters. The molecule has 2 N–H and O–H groups in total. The predicted octanol–water partition coefficient (Wildman–Crippen LogP) is 1.52. The van der Waals surface area contributed by atoms with Crippen LogP contribution in [0.1, 0.15) is 25.3 Å². The summed E-state index contributed by atoms with van der Waals surface area (Å²) in [5, 5.41) is 12.0. The highest BCUT2D eigenvalue weighted by Gasteiger charge is 2.48. The van der Waals surface area contributed by atoms with Gasteiger partial charge in [-0.15, -0.1) is 0 Å². The summed E-state index contributed by atoms with van der Waals surface area (Å²) in [6, 6.07) is 3.45. The number of amides is 2. The SMILES string of the molecule is CN(CCc1ccncc1)C(=O)NC(C)(C(=O)O)C1CC1. The second-order valence-corrected chi connectivity index (χ2v) is 5.74. The number of pyridine rings is 1. The van der Waals surface area contributed by atoms with Crippen LogP contribution < -0.4 is 5.32 Å². The minimum atomic E-state index is -1.16. The van der Waals surface area contributed by atoms with E-state index in [1.807, 2.05) is 12.1 Å². The molecule has 0 saturated heterocycles. The van der Waals surface area contributed by atoms with Crippen LogP contribution in [0.5, 0.6) is 0 Å². The van der Waals surface area contributed by atoms with Gasteiger partial charge in [0.1, 0.15) is 5.54 Å². The Bertz CT molecular complexity index is 516. The molecule has 1 aliphatic carbocycles. The van der Waals surface area contributed by atoms with E-state index < -0.39 is 11.5 Å². The van der Waals surface area contributed by atoms with Crippen molar-refractivity contribution >= 4 is 12.0 Å². The van der Waals surface area contributed by atoms with E-state index in [9.17, 15) is 14.7 Å². The second kappa shape index (κ2) is 6.11. The standard InChI is InChI=1S/C15H21N3O3/c1-15(13(19)20,12-3-4-12)17-14(21)18(2)10-7-11-5-8-16-9-6-11/h5-6,8-9,12H,3-4,7,10H2,1-2H3,(H,17,21)(H,19,20). The monoisotopic (exact) mass is 291 g/mol. The Labute approximate surface area is 124 Å². The highest BCUT2D eigenvalue weighted by atomic mass is 16.4. The summed E-state index contributed by atoms with van der Waals surface area (Å²) in [5.41, 5.74) is -0.0741. The van der Waals surface area contributed by atoms with Crippen LogP contribution >= 0.6 is 0 Å². The molecule has 1 heterocycles. The number of carbonyl (C=O) groups is 2. The minimum absolute atomic E-state index is 0.0348. The average molecular weight is 291 g/mol. The van der Waals surface area contributed by atoms with Gasteiger partial charge in [-0.2, -0.15) is 0 Å². The lowest BCUT2D eigenvalue weighted by Gasteiger charge is -2.29. The Morgan fingerprint density at radius 1 is 1.43 bits per heavy atom. The maximum Gasteiger partial charge on any atom is 0.329 e. The number of carboxylic acids is 1. The van der Waals surface area contributed by atoms with Crippen molar-refractivity contribution in [1.82, 2.24) is 15.2 Å². The number of carbonyl (C=O) groups excluding carboxylic acids is 1. The Kier molecular flexibility index (Phi) is 4.45. The largest absolute Gasteiger partial charge is 0.480 e. The summed E-state index contributed by atoms with van der Waals surface area (Å²) in [5.74, 6) is -0.937. The fraction of sp³-hybridized carbons (Fsp3) is 0.533. The van der Waals surface area contributed by atoms with Crippen molar-refractivity contribution in [2.75, 3.05) is 13.6 Å². The molecule has 2 rings (SSSR count). The molecule has 0 aromatic carbocycles. The zero-order valence-corrected chi connectivity index (χ0v) is 12.4. The zero-order chi connectivity index (χ0) is 15.5. The molecule has 6 nitrogen and oxygen atoms in total. The van der Waals surface area contributed by atoms with Crippen LogP contribution in [0.4, 0.5) is 4.79 Å². The first-order chi connectivity index (χ1) is 9.93. The summed E-state index contributed by atoms with van der Waals surface area (Å²) in [6.07, 6.45) is 5.83. The van der Waals surface area contributed by atoms with Gasteiger partial charge in [0.15, 0.2) is 0 Å². The van der Waals surface area contributed by atoms with Crippen LogP contribution in [-0.4, -0.2) is 46.1 Å². The fourth-order valence-electron chi connectivity index (χ4n) is 2.26. The van der Waals surface area contributed by atoms with Gasteiger partial charge in [-0.25, -0.2) is 9.59 Å². The Balaban J connectivity index is 1.88. The van der Waals surface area contributed by atoms with Gasteiger partial charge in [-0.1, -0.05) is 0 Å². The Morgan fingerprint density at radius 2 is 2.05 bits per heavy atom. The molecular formula is C15H21N3O3. The van der Waals surface area contributed by atoms with Crippen molar-refractivity contribution in [2.24, 2.45) is 5.92 Å². The van der Waals surface area contributed by atoms with Crippen molar-refractivity contribution in [3.05, 3.63) is 30.1 Å². The van der Waals surface area contributed by atoms with E-state index in [2.05, 4.69) is 10.3 Å². The summed E-state index contributed by atoms with van der Waals surface area (Å²) >= 11 is 0.